The van der Waals surface area contributed by atoms with E-state index in [1.807, 2.05) is 0 Å². The molecule has 1 unspecified atom stereocenters. The van der Waals surface area contributed by atoms with Crippen LogP contribution in [0.3, 0.4) is 0 Å². The summed E-state index contributed by atoms with van der Waals surface area (Å²) in [5.74, 6) is -1.67. The van der Waals surface area contributed by atoms with Gasteiger partial charge in [0.25, 0.3) is 0 Å². The third-order valence-corrected chi connectivity index (χ3v) is 1.93. The predicted octanol–water partition coefficient (Wildman–Crippen LogP) is 0.486. The van der Waals surface area contributed by atoms with Crippen LogP contribution in [0.4, 0.5) is 0 Å². The van der Waals surface area contributed by atoms with Gasteiger partial charge in [0.05, 0.1) is 5.92 Å². The van der Waals surface area contributed by atoms with E-state index in [4.69, 9.17) is 4.74 Å². The zero-order chi connectivity index (χ0) is 10.0. The first-order valence-electron chi connectivity index (χ1n) is 4.30. The molecule has 13 heavy (non-hydrogen) atoms. The SMILES string of the molecule is CC(C)C(=O)OC1CCC(=O)C1=O. The number of Topliss-reactive ketones (excluding diaryl/α,β-unsaturated/α-hetero) is 2. The largest absolute Gasteiger partial charge is 0.454 e. The normalized spacial score (nSPS) is 22.5. The highest BCUT2D eigenvalue weighted by molar-refractivity contribution is 6.41. The Morgan fingerprint density at radius 3 is 2.46 bits per heavy atom. The summed E-state index contributed by atoms with van der Waals surface area (Å²) in [5.41, 5.74) is 0. The van der Waals surface area contributed by atoms with Gasteiger partial charge in [-0.05, 0) is 6.42 Å². The molecule has 0 radical (unpaired) electrons. The molecule has 0 N–H and O–H groups in total. The van der Waals surface area contributed by atoms with Crippen LogP contribution >= 0.6 is 0 Å². The molecule has 1 rings (SSSR count). The zero-order valence-corrected chi connectivity index (χ0v) is 7.70. The van der Waals surface area contributed by atoms with Crippen LogP contribution in [0.25, 0.3) is 0 Å². The number of ketones is 2. The quantitative estimate of drug-likeness (QED) is 0.462. The summed E-state index contributed by atoms with van der Waals surface area (Å²) in [6.07, 6.45) is -0.271. The van der Waals surface area contributed by atoms with Gasteiger partial charge < -0.3 is 4.74 Å². The van der Waals surface area contributed by atoms with Crippen LogP contribution in [-0.4, -0.2) is 23.6 Å². The number of carbonyl (C=O) groups excluding carboxylic acids is 3. The first-order chi connectivity index (χ1) is 6.02. The lowest BCUT2D eigenvalue weighted by atomic mass is 10.2. The van der Waals surface area contributed by atoms with E-state index in [0.29, 0.717) is 6.42 Å². The molecule has 1 saturated carbocycles. The summed E-state index contributed by atoms with van der Waals surface area (Å²) >= 11 is 0. The van der Waals surface area contributed by atoms with Crippen molar-refractivity contribution >= 4 is 17.5 Å². The van der Waals surface area contributed by atoms with Gasteiger partial charge in [0.15, 0.2) is 6.10 Å². The Balaban J connectivity index is 2.52. The van der Waals surface area contributed by atoms with Gasteiger partial charge in [0.1, 0.15) is 0 Å². The third kappa shape index (κ3) is 2.14. The molecule has 1 aliphatic carbocycles. The Morgan fingerprint density at radius 2 is 2.08 bits per heavy atom. The molecular weight excluding hydrogens is 172 g/mol. The van der Waals surface area contributed by atoms with Crippen LogP contribution in [0, 0.1) is 5.92 Å². The van der Waals surface area contributed by atoms with Gasteiger partial charge >= 0.3 is 5.97 Å². The Hall–Kier alpha value is -1.19. The van der Waals surface area contributed by atoms with Crippen LogP contribution in [0.2, 0.25) is 0 Å². The zero-order valence-electron chi connectivity index (χ0n) is 7.70. The molecule has 72 valence electrons. The van der Waals surface area contributed by atoms with Gasteiger partial charge in [-0.25, -0.2) is 0 Å². The Kier molecular flexibility index (Phi) is 2.80. The van der Waals surface area contributed by atoms with Crippen molar-refractivity contribution in [2.75, 3.05) is 0 Å². The fraction of sp³-hybridized carbons (Fsp3) is 0.667. The summed E-state index contributed by atoms with van der Waals surface area (Å²) < 4.78 is 4.85. The van der Waals surface area contributed by atoms with Crippen LogP contribution in [-0.2, 0) is 19.1 Å². The van der Waals surface area contributed by atoms with E-state index in [-0.39, 0.29) is 12.3 Å². The standard InChI is InChI=1S/C9H12O4/c1-5(2)9(12)13-7-4-3-6(10)8(7)11/h5,7H,3-4H2,1-2H3. The molecule has 0 aliphatic heterocycles. The fourth-order valence-electron chi connectivity index (χ4n) is 1.08. The maximum absolute atomic E-state index is 11.1. The molecule has 1 fully saturated rings. The maximum atomic E-state index is 11.1. The lowest BCUT2D eigenvalue weighted by molar-refractivity contribution is -0.157. The Labute approximate surface area is 76.3 Å². The number of hydrogen-bond acceptors (Lipinski definition) is 4. The number of esters is 1. The summed E-state index contributed by atoms with van der Waals surface area (Å²) in [6, 6.07) is 0. The first-order valence-corrected chi connectivity index (χ1v) is 4.30. The van der Waals surface area contributed by atoms with Gasteiger partial charge in [-0.15, -0.1) is 0 Å². The van der Waals surface area contributed by atoms with Crippen molar-refractivity contribution in [1.29, 1.82) is 0 Å². The number of carbonyl (C=O) groups is 3. The van der Waals surface area contributed by atoms with Gasteiger partial charge in [-0.3, -0.25) is 14.4 Å². The monoisotopic (exact) mass is 184 g/mol. The van der Waals surface area contributed by atoms with Crippen molar-refractivity contribution in [3.63, 3.8) is 0 Å². The molecule has 0 saturated heterocycles. The van der Waals surface area contributed by atoms with Crippen molar-refractivity contribution in [3.05, 3.63) is 0 Å². The van der Waals surface area contributed by atoms with Gasteiger partial charge in [0, 0.05) is 6.42 Å². The Morgan fingerprint density at radius 1 is 1.46 bits per heavy atom. The predicted molar refractivity (Wildman–Crippen MR) is 44.0 cm³/mol. The summed E-state index contributed by atoms with van der Waals surface area (Å²) in [4.78, 5) is 32.9. The number of hydrogen-bond donors (Lipinski definition) is 0. The first kappa shape index (κ1) is 9.89. The molecule has 0 spiro atoms. The molecule has 0 heterocycles. The molecule has 1 aliphatic rings. The molecule has 0 amide bonds. The third-order valence-electron chi connectivity index (χ3n) is 1.93. The highest BCUT2D eigenvalue weighted by Crippen LogP contribution is 2.16. The topological polar surface area (TPSA) is 60.4 Å². The molecule has 0 aromatic rings. The average Bonchev–Trinajstić information content (AvgIpc) is 2.36. The van der Waals surface area contributed by atoms with Crippen LogP contribution < -0.4 is 0 Å². The second kappa shape index (κ2) is 3.68. The second-order valence-corrected chi connectivity index (χ2v) is 3.41. The number of ether oxygens (including phenoxy) is 1. The van der Waals surface area contributed by atoms with Crippen LogP contribution in [0.15, 0.2) is 0 Å². The molecule has 1 atom stereocenters. The van der Waals surface area contributed by atoms with E-state index in [1.54, 1.807) is 13.8 Å². The molecular formula is C9H12O4. The van der Waals surface area contributed by atoms with Crippen LogP contribution in [0.1, 0.15) is 26.7 Å². The van der Waals surface area contributed by atoms with E-state index < -0.39 is 23.6 Å². The maximum Gasteiger partial charge on any atom is 0.309 e. The molecule has 4 heteroatoms. The smallest absolute Gasteiger partial charge is 0.309 e. The van der Waals surface area contributed by atoms with Crippen molar-refractivity contribution in [2.24, 2.45) is 5.92 Å². The minimum absolute atomic E-state index is 0.203. The second-order valence-electron chi connectivity index (χ2n) is 3.41. The summed E-state index contributed by atoms with van der Waals surface area (Å²) in [5, 5.41) is 0. The lowest BCUT2D eigenvalue weighted by Gasteiger charge is -2.10. The van der Waals surface area contributed by atoms with E-state index in [9.17, 15) is 14.4 Å². The van der Waals surface area contributed by atoms with Gasteiger partial charge in [-0.1, -0.05) is 13.8 Å². The van der Waals surface area contributed by atoms with Crippen molar-refractivity contribution in [2.45, 2.75) is 32.8 Å². The van der Waals surface area contributed by atoms with E-state index >= 15 is 0 Å². The van der Waals surface area contributed by atoms with Crippen molar-refractivity contribution in [3.8, 4) is 0 Å². The van der Waals surface area contributed by atoms with E-state index in [2.05, 4.69) is 0 Å². The lowest BCUT2D eigenvalue weighted by Crippen LogP contribution is -2.27. The summed E-state index contributed by atoms with van der Waals surface area (Å²) in [6.45, 7) is 3.37. The van der Waals surface area contributed by atoms with E-state index in [0.717, 1.165) is 0 Å². The molecule has 0 aromatic heterocycles. The number of rotatable bonds is 2. The minimum Gasteiger partial charge on any atom is -0.454 e. The molecule has 0 bridgehead atoms. The fourth-order valence-corrected chi connectivity index (χ4v) is 1.08. The Bertz CT molecular complexity index is 254. The molecule has 4 nitrogen and oxygen atoms in total. The van der Waals surface area contributed by atoms with Gasteiger partial charge in [0.2, 0.25) is 11.6 Å². The van der Waals surface area contributed by atoms with Crippen molar-refractivity contribution < 1.29 is 19.1 Å². The highest BCUT2D eigenvalue weighted by Gasteiger charge is 2.35. The average molecular weight is 184 g/mol. The van der Waals surface area contributed by atoms with Crippen molar-refractivity contribution in [1.82, 2.24) is 0 Å². The molecule has 0 aromatic carbocycles. The highest BCUT2D eigenvalue weighted by atomic mass is 16.5. The van der Waals surface area contributed by atoms with Gasteiger partial charge in [-0.2, -0.15) is 0 Å². The minimum atomic E-state index is -0.817. The van der Waals surface area contributed by atoms with E-state index in [1.165, 1.54) is 0 Å². The van der Waals surface area contributed by atoms with Crippen LogP contribution in [0.5, 0.6) is 0 Å². The summed E-state index contributed by atoms with van der Waals surface area (Å²) in [7, 11) is 0.